The molecule has 3 rings (SSSR count). The third kappa shape index (κ3) is 3.19. The van der Waals surface area contributed by atoms with Gasteiger partial charge in [-0.3, -0.25) is 0 Å². The molecular formula is C17H16BrClO2. The molecule has 0 unspecified atom stereocenters. The quantitative estimate of drug-likeness (QED) is 0.707. The van der Waals surface area contributed by atoms with Crippen molar-refractivity contribution in [1.29, 1.82) is 0 Å². The molecule has 0 N–H and O–H groups in total. The van der Waals surface area contributed by atoms with Crippen LogP contribution in [0.2, 0.25) is 0 Å². The minimum absolute atomic E-state index is 0.449. The average Bonchev–Trinajstić information content (AvgIpc) is 2.93. The topological polar surface area (TPSA) is 18.5 Å². The van der Waals surface area contributed by atoms with Gasteiger partial charge in [0.2, 0.25) is 0 Å². The molecular weight excluding hydrogens is 352 g/mol. The van der Waals surface area contributed by atoms with Gasteiger partial charge in [0.1, 0.15) is 18.1 Å². The second kappa shape index (κ2) is 6.29. The first-order chi connectivity index (χ1) is 10.2. The van der Waals surface area contributed by atoms with Crippen molar-refractivity contribution in [1.82, 2.24) is 0 Å². The summed E-state index contributed by atoms with van der Waals surface area (Å²) in [7, 11) is 0. The molecule has 2 aromatic carbocycles. The van der Waals surface area contributed by atoms with Crippen molar-refractivity contribution < 1.29 is 9.47 Å². The molecule has 21 heavy (non-hydrogen) atoms. The predicted octanol–water partition coefficient (Wildman–Crippen LogP) is 5.01. The lowest BCUT2D eigenvalue weighted by Gasteiger charge is -2.13. The summed E-state index contributed by atoms with van der Waals surface area (Å²) in [5, 5.41) is 0. The van der Waals surface area contributed by atoms with Crippen molar-refractivity contribution >= 4 is 27.5 Å². The number of ether oxygens (including phenoxy) is 2. The first-order valence-electron chi connectivity index (χ1n) is 6.90. The lowest BCUT2D eigenvalue weighted by atomic mass is 10.1. The number of alkyl halides is 1. The van der Waals surface area contributed by atoms with Crippen LogP contribution in [0, 0.1) is 6.92 Å². The zero-order valence-corrected chi connectivity index (χ0v) is 14.1. The van der Waals surface area contributed by atoms with Crippen LogP contribution in [-0.2, 0) is 18.9 Å². The summed E-state index contributed by atoms with van der Waals surface area (Å²) in [6, 6.07) is 10.2. The molecule has 1 aliphatic rings. The molecule has 0 fully saturated rings. The Labute approximate surface area is 138 Å². The maximum atomic E-state index is 5.99. The highest BCUT2D eigenvalue weighted by Gasteiger charge is 2.18. The smallest absolute Gasteiger partial charge is 0.129 e. The summed E-state index contributed by atoms with van der Waals surface area (Å²) >= 11 is 9.54. The molecule has 1 heterocycles. The summed E-state index contributed by atoms with van der Waals surface area (Å²) < 4.78 is 12.7. The van der Waals surface area contributed by atoms with Gasteiger partial charge in [0.15, 0.2) is 0 Å². The maximum absolute atomic E-state index is 5.99. The highest BCUT2D eigenvalue weighted by atomic mass is 79.9. The number of rotatable bonds is 4. The summed E-state index contributed by atoms with van der Waals surface area (Å²) in [5.41, 5.74) is 4.51. The summed E-state index contributed by atoms with van der Waals surface area (Å²) in [6.45, 7) is 3.28. The summed E-state index contributed by atoms with van der Waals surface area (Å²) in [6.07, 6.45) is 0.958. The molecule has 0 atom stereocenters. The third-order valence-corrected chi connectivity index (χ3v) is 4.31. The predicted molar refractivity (Wildman–Crippen MR) is 88.4 cm³/mol. The van der Waals surface area contributed by atoms with E-state index in [1.807, 2.05) is 12.1 Å². The summed E-state index contributed by atoms with van der Waals surface area (Å²) in [5.74, 6) is 2.25. The highest BCUT2D eigenvalue weighted by molar-refractivity contribution is 9.10. The van der Waals surface area contributed by atoms with Crippen molar-refractivity contribution in [2.75, 3.05) is 6.61 Å². The van der Waals surface area contributed by atoms with Gasteiger partial charge in [-0.25, -0.2) is 0 Å². The van der Waals surface area contributed by atoms with Crippen molar-refractivity contribution in [3.8, 4) is 11.5 Å². The van der Waals surface area contributed by atoms with Gasteiger partial charge in [-0.15, -0.1) is 11.6 Å². The standard InChI is InChI=1S/C17H16BrClO2/c1-11-2-3-16(13(6-11)9-19)21-10-14-8-15(18)7-12-4-5-20-17(12)14/h2-3,6-8H,4-5,9-10H2,1H3. The van der Waals surface area contributed by atoms with Gasteiger partial charge in [-0.1, -0.05) is 33.6 Å². The van der Waals surface area contributed by atoms with Crippen LogP contribution in [0.1, 0.15) is 22.3 Å². The van der Waals surface area contributed by atoms with Crippen LogP contribution in [-0.4, -0.2) is 6.61 Å². The number of aryl methyl sites for hydroxylation is 1. The molecule has 0 radical (unpaired) electrons. The Kier molecular flexibility index (Phi) is 4.41. The molecule has 0 spiro atoms. The molecule has 0 saturated heterocycles. The average molecular weight is 368 g/mol. The van der Waals surface area contributed by atoms with E-state index in [2.05, 4.69) is 41.1 Å². The molecule has 4 heteroatoms. The van der Waals surface area contributed by atoms with Crippen molar-refractivity contribution in [2.24, 2.45) is 0 Å². The monoisotopic (exact) mass is 366 g/mol. The first-order valence-corrected chi connectivity index (χ1v) is 8.22. The van der Waals surface area contributed by atoms with Crippen LogP contribution >= 0.6 is 27.5 Å². The van der Waals surface area contributed by atoms with E-state index in [9.17, 15) is 0 Å². The zero-order chi connectivity index (χ0) is 14.8. The normalized spacial score (nSPS) is 12.9. The Morgan fingerprint density at radius 2 is 2.10 bits per heavy atom. The van der Waals surface area contributed by atoms with Crippen LogP contribution in [0.15, 0.2) is 34.8 Å². The molecule has 110 valence electrons. The van der Waals surface area contributed by atoms with Gasteiger partial charge in [-0.05, 0) is 30.7 Å². The first kappa shape index (κ1) is 14.7. The fraction of sp³-hybridized carbons (Fsp3) is 0.294. The molecule has 0 aliphatic carbocycles. The lowest BCUT2D eigenvalue weighted by molar-refractivity contribution is 0.290. The Hall–Kier alpha value is -1.19. The molecule has 0 amide bonds. The van der Waals surface area contributed by atoms with Crippen molar-refractivity contribution in [2.45, 2.75) is 25.8 Å². The lowest BCUT2D eigenvalue weighted by Crippen LogP contribution is -2.00. The SMILES string of the molecule is Cc1ccc(OCc2cc(Br)cc3c2OCC3)c(CCl)c1. The summed E-state index contributed by atoms with van der Waals surface area (Å²) in [4.78, 5) is 0. The van der Waals surface area contributed by atoms with Gasteiger partial charge < -0.3 is 9.47 Å². The maximum Gasteiger partial charge on any atom is 0.129 e. The van der Waals surface area contributed by atoms with E-state index < -0.39 is 0 Å². The van der Waals surface area contributed by atoms with Crippen LogP contribution < -0.4 is 9.47 Å². The minimum Gasteiger partial charge on any atom is -0.493 e. The molecule has 0 aromatic heterocycles. The third-order valence-electron chi connectivity index (χ3n) is 3.57. The van der Waals surface area contributed by atoms with Crippen LogP contribution in [0.5, 0.6) is 11.5 Å². The number of fused-ring (bicyclic) bond motifs is 1. The van der Waals surface area contributed by atoms with Gasteiger partial charge in [0.25, 0.3) is 0 Å². The number of benzene rings is 2. The second-order valence-electron chi connectivity index (χ2n) is 5.19. The van der Waals surface area contributed by atoms with E-state index in [1.165, 1.54) is 11.1 Å². The Balaban J connectivity index is 1.83. The second-order valence-corrected chi connectivity index (χ2v) is 6.37. The van der Waals surface area contributed by atoms with Gasteiger partial charge >= 0.3 is 0 Å². The minimum atomic E-state index is 0.449. The molecule has 0 bridgehead atoms. The largest absolute Gasteiger partial charge is 0.493 e. The van der Waals surface area contributed by atoms with E-state index in [1.54, 1.807) is 0 Å². The van der Waals surface area contributed by atoms with Crippen LogP contribution in [0.3, 0.4) is 0 Å². The highest BCUT2D eigenvalue weighted by Crippen LogP contribution is 2.34. The van der Waals surface area contributed by atoms with Crippen LogP contribution in [0.4, 0.5) is 0 Å². The molecule has 0 saturated carbocycles. The zero-order valence-electron chi connectivity index (χ0n) is 11.8. The van der Waals surface area contributed by atoms with E-state index >= 15 is 0 Å². The molecule has 1 aliphatic heterocycles. The van der Waals surface area contributed by atoms with E-state index in [4.69, 9.17) is 21.1 Å². The van der Waals surface area contributed by atoms with Crippen molar-refractivity contribution in [3.63, 3.8) is 0 Å². The van der Waals surface area contributed by atoms with Gasteiger partial charge in [0, 0.05) is 22.0 Å². The fourth-order valence-electron chi connectivity index (χ4n) is 2.56. The number of hydrogen-bond acceptors (Lipinski definition) is 2. The Morgan fingerprint density at radius 1 is 1.24 bits per heavy atom. The fourth-order valence-corrected chi connectivity index (χ4v) is 3.32. The van der Waals surface area contributed by atoms with E-state index in [0.717, 1.165) is 40.1 Å². The van der Waals surface area contributed by atoms with Gasteiger partial charge in [-0.2, -0.15) is 0 Å². The Morgan fingerprint density at radius 3 is 2.90 bits per heavy atom. The number of halogens is 2. The Bertz CT molecular complexity index is 670. The molecule has 2 aromatic rings. The van der Waals surface area contributed by atoms with Crippen LogP contribution in [0.25, 0.3) is 0 Å². The van der Waals surface area contributed by atoms with Gasteiger partial charge in [0.05, 0.1) is 12.5 Å². The van der Waals surface area contributed by atoms with Crippen molar-refractivity contribution in [3.05, 3.63) is 57.1 Å². The van der Waals surface area contributed by atoms with E-state index in [0.29, 0.717) is 12.5 Å². The van der Waals surface area contributed by atoms with E-state index in [-0.39, 0.29) is 0 Å². The molecule has 2 nitrogen and oxygen atoms in total. The number of hydrogen-bond donors (Lipinski definition) is 0.